The van der Waals surface area contributed by atoms with Crippen molar-refractivity contribution in [3.63, 3.8) is 0 Å². The van der Waals surface area contributed by atoms with E-state index in [-0.39, 0.29) is 25.6 Å². The Morgan fingerprint density at radius 1 is 1.12 bits per heavy atom. The third-order valence-electron chi connectivity index (χ3n) is 1.30. The van der Waals surface area contributed by atoms with Gasteiger partial charge in [-0.15, -0.1) is 0 Å². The molecular formula is C10H16O6S. The molecule has 0 aliphatic rings. The molecule has 0 atom stereocenters. The number of benzene rings is 1. The first-order chi connectivity index (χ1) is 8.05. The van der Waals surface area contributed by atoms with Crippen molar-refractivity contribution >= 4 is 10.4 Å². The molecule has 0 spiro atoms. The standard InChI is InChI=1S/C8H10O4S.C2H6O2/c1-2-11-13(9,10)12-8-6-4-3-5-7-8;3-1-2-4/h3-7H,2H2,1H3;3-4H,1-2H2. The minimum Gasteiger partial charge on any atom is -0.394 e. The Hall–Kier alpha value is -1.15. The van der Waals surface area contributed by atoms with E-state index in [4.69, 9.17) is 10.2 Å². The predicted octanol–water partition coefficient (Wildman–Crippen LogP) is 0.318. The van der Waals surface area contributed by atoms with Crippen LogP contribution in [0.4, 0.5) is 0 Å². The number of hydrogen-bond acceptors (Lipinski definition) is 6. The summed E-state index contributed by atoms with van der Waals surface area (Å²) in [6.45, 7) is 1.39. The van der Waals surface area contributed by atoms with E-state index >= 15 is 0 Å². The van der Waals surface area contributed by atoms with Crippen molar-refractivity contribution in [2.24, 2.45) is 0 Å². The van der Waals surface area contributed by atoms with E-state index in [1.54, 1.807) is 25.1 Å². The van der Waals surface area contributed by atoms with Gasteiger partial charge in [-0.3, -0.25) is 0 Å². The fraction of sp³-hybridized carbons (Fsp3) is 0.400. The Labute approximate surface area is 101 Å². The van der Waals surface area contributed by atoms with Crippen molar-refractivity contribution in [3.8, 4) is 5.75 Å². The first-order valence-electron chi connectivity index (χ1n) is 4.91. The van der Waals surface area contributed by atoms with Crippen LogP contribution in [-0.4, -0.2) is 38.5 Å². The summed E-state index contributed by atoms with van der Waals surface area (Å²) in [6, 6.07) is 8.20. The van der Waals surface area contributed by atoms with Crippen LogP contribution in [0.5, 0.6) is 5.75 Å². The van der Waals surface area contributed by atoms with Gasteiger partial charge in [-0.05, 0) is 19.1 Å². The maximum Gasteiger partial charge on any atom is 0.449 e. The molecule has 98 valence electrons. The molecular weight excluding hydrogens is 248 g/mol. The van der Waals surface area contributed by atoms with Crippen LogP contribution in [0.25, 0.3) is 0 Å². The van der Waals surface area contributed by atoms with E-state index < -0.39 is 10.4 Å². The van der Waals surface area contributed by atoms with Crippen LogP contribution in [0, 0.1) is 0 Å². The molecule has 0 fully saturated rings. The highest BCUT2D eigenvalue weighted by Gasteiger charge is 2.11. The molecule has 0 unspecified atom stereocenters. The van der Waals surface area contributed by atoms with Crippen molar-refractivity contribution in [1.82, 2.24) is 0 Å². The van der Waals surface area contributed by atoms with E-state index in [2.05, 4.69) is 8.37 Å². The topological polar surface area (TPSA) is 93.1 Å². The molecule has 17 heavy (non-hydrogen) atoms. The molecule has 0 radical (unpaired) electrons. The normalized spacial score (nSPS) is 10.3. The van der Waals surface area contributed by atoms with Crippen molar-refractivity contribution in [2.75, 3.05) is 19.8 Å². The van der Waals surface area contributed by atoms with Gasteiger partial charge in [0.05, 0.1) is 19.8 Å². The molecule has 7 heteroatoms. The van der Waals surface area contributed by atoms with Crippen LogP contribution < -0.4 is 4.18 Å². The SMILES string of the molecule is CCOS(=O)(=O)Oc1ccccc1.OCCO. The first kappa shape index (κ1) is 15.9. The zero-order valence-electron chi connectivity index (χ0n) is 9.44. The zero-order valence-corrected chi connectivity index (χ0v) is 10.3. The van der Waals surface area contributed by atoms with E-state index in [0.29, 0.717) is 0 Å². The summed E-state index contributed by atoms with van der Waals surface area (Å²) >= 11 is 0. The van der Waals surface area contributed by atoms with Gasteiger partial charge in [0.1, 0.15) is 5.75 Å². The van der Waals surface area contributed by atoms with E-state index in [1.165, 1.54) is 12.1 Å². The van der Waals surface area contributed by atoms with Crippen LogP contribution >= 0.6 is 0 Å². The summed E-state index contributed by atoms with van der Waals surface area (Å²) in [6.07, 6.45) is 0. The molecule has 0 aliphatic heterocycles. The van der Waals surface area contributed by atoms with Gasteiger partial charge in [-0.2, -0.15) is 8.42 Å². The Bertz CT molecular complexity index is 373. The molecule has 0 aromatic heterocycles. The fourth-order valence-electron chi connectivity index (χ4n) is 0.762. The second-order valence-corrected chi connectivity index (χ2v) is 3.88. The molecule has 0 amide bonds. The summed E-state index contributed by atoms with van der Waals surface area (Å²) in [7, 11) is -3.88. The van der Waals surface area contributed by atoms with Gasteiger partial charge >= 0.3 is 10.4 Å². The van der Waals surface area contributed by atoms with Gasteiger partial charge in [0, 0.05) is 0 Å². The van der Waals surface area contributed by atoms with E-state index in [0.717, 1.165) is 0 Å². The van der Waals surface area contributed by atoms with Gasteiger partial charge in [-0.25, -0.2) is 4.18 Å². The lowest BCUT2D eigenvalue weighted by atomic mass is 10.3. The Balaban J connectivity index is 0.000000557. The monoisotopic (exact) mass is 264 g/mol. The summed E-state index contributed by atoms with van der Waals surface area (Å²) in [4.78, 5) is 0. The summed E-state index contributed by atoms with van der Waals surface area (Å²) < 4.78 is 30.9. The second-order valence-electron chi connectivity index (χ2n) is 2.66. The van der Waals surface area contributed by atoms with Crippen molar-refractivity contribution in [3.05, 3.63) is 30.3 Å². The van der Waals surface area contributed by atoms with Crippen molar-refractivity contribution < 1.29 is 27.0 Å². The molecule has 0 heterocycles. The second kappa shape index (κ2) is 8.94. The number of aliphatic hydroxyl groups excluding tert-OH is 2. The maximum absolute atomic E-state index is 11.0. The van der Waals surface area contributed by atoms with Gasteiger partial charge in [-0.1, -0.05) is 18.2 Å². The molecule has 1 rings (SSSR count). The van der Waals surface area contributed by atoms with Crippen LogP contribution in [-0.2, 0) is 14.6 Å². The average Bonchev–Trinajstić information content (AvgIpc) is 2.30. The quantitative estimate of drug-likeness (QED) is 0.795. The molecule has 1 aromatic carbocycles. The summed E-state index contributed by atoms with van der Waals surface area (Å²) in [5, 5.41) is 15.2. The number of rotatable bonds is 5. The molecule has 0 bridgehead atoms. The van der Waals surface area contributed by atoms with Crippen molar-refractivity contribution in [1.29, 1.82) is 0 Å². The highest BCUT2D eigenvalue weighted by atomic mass is 32.3. The Morgan fingerprint density at radius 2 is 1.65 bits per heavy atom. The Kier molecular flexibility index (Phi) is 8.34. The molecule has 2 N–H and O–H groups in total. The number of para-hydroxylation sites is 1. The molecule has 6 nitrogen and oxygen atoms in total. The van der Waals surface area contributed by atoms with Crippen LogP contribution in [0.1, 0.15) is 6.92 Å². The maximum atomic E-state index is 11.0. The summed E-state index contributed by atoms with van der Waals surface area (Å²) in [5.74, 6) is 0.246. The lowest BCUT2D eigenvalue weighted by molar-refractivity contribution is 0.186. The number of hydrogen-bond donors (Lipinski definition) is 2. The van der Waals surface area contributed by atoms with Crippen LogP contribution in [0.15, 0.2) is 30.3 Å². The van der Waals surface area contributed by atoms with Crippen LogP contribution in [0.3, 0.4) is 0 Å². The third kappa shape index (κ3) is 8.64. The van der Waals surface area contributed by atoms with E-state index in [1.807, 2.05) is 0 Å². The zero-order chi connectivity index (χ0) is 13.1. The van der Waals surface area contributed by atoms with Gasteiger partial charge in [0.2, 0.25) is 0 Å². The average molecular weight is 264 g/mol. The summed E-state index contributed by atoms with van der Waals surface area (Å²) in [5.41, 5.74) is 0. The third-order valence-corrected chi connectivity index (χ3v) is 2.22. The van der Waals surface area contributed by atoms with Gasteiger partial charge in [0.25, 0.3) is 0 Å². The molecule has 0 aliphatic carbocycles. The van der Waals surface area contributed by atoms with Crippen LogP contribution in [0.2, 0.25) is 0 Å². The highest BCUT2D eigenvalue weighted by molar-refractivity contribution is 7.82. The largest absolute Gasteiger partial charge is 0.449 e. The lowest BCUT2D eigenvalue weighted by Crippen LogP contribution is -2.12. The molecule has 1 aromatic rings. The minimum absolute atomic E-state index is 0.0646. The number of aliphatic hydroxyl groups is 2. The molecule has 0 saturated carbocycles. The van der Waals surface area contributed by atoms with E-state index in [9.17, 15) is 8.42 Å². The predicted molar refractivity (Wildman–Crippen MR) is 61.8 cm³/mol. The van der Waals surface area contributed by atoms with Gasteiger partial charge < -0.3 is 14.4 Å². The minimum atomic E-state index is -3.88. The fourth-order valence-corrected chi connectivity index (χ4v) is 1.45. The molecule has 0 saturated heterocycles. The van der Waals surface area contributed by atoms with Gasteiger partial charge in [0.15, 0.2) is 0 Å². The van der Waals surface area contributed by atoms with Crippen molar-refractivity contribution in [2.45, 2.75) is 6.92 Å². The Morgan fingerprint density at radius 3 is 2.06 bits per heavy atom. The smallest absolute Gasteiger partial charge is 0.394 e. The first-order valence-corrected chi connectivity index (χ1v) is 6.24. The highest BCUT2D eigenvalue weighted by Crippen LogP contribution is 2.11. The lowest BCUT2D eigenvalue weighted by Gasteiger charge is -2.04.